The Kier molecular flexibility index (Phi) is 7.26. The molecule has 0 aliphatic heterocycles. The largest absolute Gasteiger partial charge is 0.493 e. The maximum absolute atomic E-state index is 5.91. The third-order valence-electron chi connectivity index (χ3n) is 4.17. The summed E-state index contributed by atoms with van der Waals surface area (Å²) in [5, 5.41) is 11.7. The highest BCUT2D eigenvalue weighted by molar-refractivity contribution is 7.80. The Balaban J connectivity index is 1.46. The van der Waals surface area contributed by atoms with Gasteiger partial charge in [0.2, 0.25) is 5.95 Å². The first kappa shape index (κ1) is 20.9. The van der Waals surface area contributed by atoms with Crippen LogP contribution >= 0.6 is 23.8 Å². The van der Waals surface area contributed by atoms with Crippen LogP contribution in [0.15, 0.2) is 48.8 Å². The minimum absolute atomic E-state index is 0.447. The topological polar surface area (TPSA) is 73.2 Å². The summed E-state index contributed by atoms with van der Waals surface area (Å²) in [5.41, 5.74) is 2.20. The average molecular weight is 432 g/mol. The van der Waals surface area contributed by atoms with Crippen LogP contribution in [-0.2, 0) is 13.0 Å². The lowest BCUT2D eigenvalue weighted by Gasteiger charge is -2.11. The van der Waals surface area contributed by atoms with Gasteiger partial charge in [-0.3, -0.25) is 5.32 Å². The van der Waals surface area contributed by atoms with Gasteiger partial charge in [-0.1, -0.05) is 29.8 Å². The number of hydrogen-bond donors (Lipinski definition) is 2. The van der Waals surface area contributed by atoms with Gasteiger partial charge in [0.15, 0.2) is 16.6 Å². The Morgan fingerprint density at radius 3 is 2.52 bits per heavy atom. The second kappa shape index (κ2) is 10.1. The Morgan fingerprint density at radius 1 is 1.07 bits per heavy atom. The van der Waals surface area contributed by atoms with Crippen molar-refractivity contribution in [3.8, 4) is 11.5 Å². The highest BCUT2D eigenvalue weighted by Gasteiger charge is 2.06. The van der Waals surface area contributed by atoms with Gasteiger partial charge in [0.25, 0.3) is 0 Å². The van der Waals surface area contributed by atoms with E-state index in [9.17, 15) is 0 Å². The van der Waals surface area contributed by atoms with Crippen molar-refractivity contribution in [3.63, 3.8) is 0 Å². The van der Waals surface area contributed by atoms with Crippen molar-refractivity contribution in [3.05, 3.63) is 64.9 Å². The maximum Gasteiger partial charge on any atom is 0.248 e. The van der Waals surface area contributed by atoms with E-state index in [-0.39, 0.29) is 0 Å². The monoisotopic (exact) mass is 431 g/mol. The van der Waals surface area contributed by atoms with E-state index in [1.54, 1.807) is 25.2 Å². The van der Waals surface area contributed by atoms with Crippen LogP contribution < -0.4 is 20.1 Å². The number of thiocarbonyl (C=S) groups is 1. The normalized spacial score (nSPS) is 10.4. The van der Waals surface area contributed by atoms with Crippen molar-refractivity contribution in [2.24, 2.45) is 0 Å². The summed E-state index contributed by atoms with van der Waals surface area (Å²) in [5.74, 6) is 1.87. The first-order valence-corrected chi connectivity index (χ1v) is 9.75. The molecule has 0 spiro atoms. The molecule has 0 unspecified atom stereocenters. The molecule has 1 aromatic heterocycles. The molecule has 0 aliphatic carbocycles. The highest BCUT2D eigenvalue weighted by Crippen LogP contribution is 2.27. The van der Waals surface area contributed by atoms with E-state index in [0.29, 0.717) is 40.7 Å². The standard InChI is InChI=1S/C20H22ClN5O2S/c1-27-17-8-5-14(11-18(17)28-2)9-10-22-20(29)24-19-23-13-26(25-19)12-15-3-6-16(21)7-4-15/h3-8,11,13H,9-10,12H2,1-2H3,(H2,22,24,25,29). The number of halogens is 1. The molecule has 9 heteroatoms. The summed E-state index contributed by atoms with van der Waals surface area (Å²) >= 11 is 11.2. The summed E-state index contributed by atoms with van der Waals surface area (Å²) in [6.07, 6.45) is 2.43. The molecule has 29 heavy (non-hydrogen) atoms. The molecular weight excluding hydrogens is 410 g/mol. The van der Waals surface area contributed by atoms with Gasteiger partial charge in [-0.15, -0.1) is 5.10 Å². The minimum atomic E-state index is 0.447. The predicted molar refractivity (Wildman–Crippen MR) is 118 cm³/mol. The van der Waals surface area contributed by atoms with Gasteiger partial charge in [0.05, 0.1) is 20.8 Å². The fourth-order valence-electron chi connectivity index (χ4n) is 2.71. The Morgan fingerprint density at radius 2 is 1.79 bits per heavy atom. The number of benzene rings is 2. The quantitative estimate of drug-likeness (QED) is 0.528. The number of nitrogens with zero attached hydrogens (tertiary/aromatic N) is 3. The van der Waals surface area contributed by atoms with Crippen LogP contribution in [-0.4, -0.2) is 40.6 Å². The summed E-state index contributed by atoms with van der Waals surface area (Å²) in [6, 6.07) is 13.5. The molecule has 0 fully saturated rings. The molecule has 2 aromatic carbocycles. The Bertz CT molecular complexity index is 962. The molecule has 3 aromatic rings. The van der Waals surface area contributed by atoms with E-state index in [0.717, 1.165) is 17.5 Å². The third-order valence-corrected chi connectivity index (χ3v) is 4.67. The smallest absolute Gasteiger partial charge is 0.248 e. The van der Waals surface area contributed by atoms with Gasteiger partial charge in [-0.2, -0.15) is 0 Å². The summed E-state index contributed by atoms with van der Waals surface area (Å²) in [7, 11) is 3.24. The highest BCUT2D eigenvalue weighted by atomic mass is 35.5. The van der Waals surface area contributed by atoms with Crippen molar-refractivity contribution in [1.82, 2.24) is 20.1 Å². The van der Waals surface area contributed by atoms with Crippen molar-refractivity contribution < 1.29 is 9.47 Å². The van der Waals surface area contributed by atoms with Crippen molar-refractivity contribution >= 4 is 34.9 Å². The van der Waals surface area contributed by atoms with Gasteiger partial charge in [0.1, 0.15) is 6.33 Å². The number of nitrogens with one attached hydrogen (secondary N) is 2. The van der Waals surface area contributed by atoms with Crippen LogP contribution in [0.4, 0.5) is 5.95 Å². The Labute approximate surface area is 180 Å². The van der Waals surface area contributed by atoms with Crippen LogP contribution in [0.1, 0.15) is 11.1 Å². The Hall–Kier alpha value is -2.84. The van der Waals surface area contributed by atoms with Crippen LogP contribution in [0.5, 0.6) is 11.5 Å². The third kappa shape index (κ3) is 6.07. The van der Waals surface area contributed by atoms with E-state index in [1.165, 1.54) is 0 Å². The number of rotatable bonds is 8. The van der Waals surface area contributed by atoms with Crippen LogP contribution in [0, 0.1) is 0 Å². The fraction of sp³-hybridized carbons (Fsp3) is 0.250. The second-order valence-corrected chi connectivity index (χ2v) is 7.06. The zero-order valence-electron chi connectivity index (χ0n) is 16.2. The van der Waals surface area contributed by atoms with E-state index in [4.69, 9.17) is 33.3 Å². The molecule has 0 aliphatic rings. The number of methoxy groups -OCH3 is 2. The van der Waals surface area contributed by atoms with Crippen molar-refractivity contribution in [1.29, 1.82) is 0 Å². The van der Waals surface area contributed by atoms with Crippen molar-refractivity contribution in [2.75, 3.05) is 26.1 Å². The fourth-order valence-corrected chi connectivity index (χ4v) is 3.03. The second-order valence-electron chi connectivity index (χ2n) is 6.21. The number of anilines is 1. The summed E-state index contributed by atoms with van der Waals surface area (Å²) in [6.45, 7) is 1.26. The molecule has 7 nitrogen and oxygen atoms in total. The molecule has 2 N–H and O–H groups in total. The lowest BCUT2D eigenvalue weighted by molar-refractivity contribution is 0.354. The summed E-state index contributed by atoms with van der Waals surface area (Å²) in [4.78, 5) is 4.23. The van der Waals surface area contributed by atoms with Gasteiger partial charge >= 0.3 is 0 Å². The van der Waals surface area contributed by atoms with Crippen LogP contribution in [0.25, 0.3) is 0 Å². The predicted octanol–water partition coefficient (Wildman–Crippen LogP) is 3.53. The number of ether oxygens (including phenoxy) is 2. The SMILES string of the molecule is COc1ccc(CCNC(=S)Nc2ncn(Cc3ccc(Cl)cc3)n2)cc1OC. The zero-order valence-corrected chi connectivity index (χ0v) is 17.8. The van der Waals surface area contributed by atoms with Gasteiger partial charge in [-0.05, 0) is 54.0 Å². The molecule has 1 heterocycles. The first-order valence-electron chi connectivity index (χ1n) is 8.97. The molecule has 0 saturated heterocycles. The molecule has 152 valence electrons. The van der Waals surface area contributed by atoms with Crippen LogP contribution in [0.2, 0.25) is 5.02 Å². The molecule has 0 radical (unpaired) electrons. The van der Waals surface area contributed by atoms with Crippen LogP contribution in [0.3, 0.4) is 0 Å². The van der Waals surface area contributed by atoms with Gasteiger partial charge in [0, 0.05) is 11.6 Å². The lowest BCUT2D eigenvalue weighted by atomic mass is 10.1. The zero-order chi connectivity index (χ0) is 20.6. The van der Waals surface area contributed by atoms with Crippen molar-refractivity contribution in [2.45, 2.75) is 13.0 Å². The number of aromatic nitrogens is 3. The maximum atomic E-state index is 5.91. The molecule has 3 rings (SSSR count). The molecule has 0 bridgehead atoms. The first-order chi connectivity index (χ1) is 14.1. The average Bonchev–Trinajstić information content (AvgIpc) is 3.16. The van der Waals surface area contributed by atoms with Gasteiger partial charge in [-0.25, -0.2) is 9.67 Å². The lowest BCUT2D eigenvalue weighted by Crippen LogP contribution is -2.30. The number of hydrogen-bond acceptors (Lipinski definition) is 5. The molecular formula is C20H22ClN5O2S. The van der Waals surface area contributed by atoms with E-state index in [2.05, 4.69) is 20.7 Å². The van der Waals surface area contributed by atoms with E-state index in [1.807, 2.05) is 42.5 Å². The molecule has 0 atom stereocenters. The van der Waals surface area contributed by atoms with E-state index < -0.39 is 0 Å². The van der Waals surface area contributed by atoms with E-state index >= 15 is 0 Å². The summed E-state index contributed by atoms with van der Waals surface area (Å²) < 4.78 is 12.3. The minimum Gasteiger partial charge on any atom is -0.493 e. The molecule has 0 saturated carbocycles. The van der Waals surface area contributed by atoms with Gasteiger partial charge < -0.3 is 14.8 Å². The molecule has 0 amide bonds.